The highest BCUT2D eigenvalue weighted by Gasteiger charge is 2.16. The van der Waals surface area contributed by atoms with Crippen LogP contribution in [0.5, 0.6) is 0 Å². The normalized spacial score (nSPS) is 12.4. The maximum atomic E-state index is 5.76. The Morgan fingerprint density at radius 2 is 2.17 bits per heavy atom. The molecule has 0 aliphatic heterocycles. The molecule has 0 spiro atoms. The molecule has 0 saturated carbocycles. The lowest BCUT2D eigenvalue weighted by atomic mass is 10.1. The smallest absolute Gasteiger partial charge is 0.0663 e. The molecule has 0 aromatic carbocycles. The van der Waals surface area contributed by atoms with Crippen LogP contribution < -0.4 is 10.6 Å². The summed E-state index contributed by atoms with van der Waals surface area (Å²) < 4.78 is 10.4. The molecule has 0 saturated heterocycles. The fourth-order valence-electron chi connectivity index (χ4n) is 1.96. The number of nitrogens with two attached hydrogens (primary N) is 1. The zero-order chi connectivity index (χ0) is 13.4. The van der Waals surface area contributed by atoms with Gasteiger partial charge in [-0.3, -0.25) is 4.98 Å². The molecule has 5 nitrogen and oxygen atoms in total. The summed E-state index contributed by atoms with van der Waals surface area (Å²) in [4.78, 5) is 6.36. The van der Waals surface area contributed by atoms with Gasteiger partial charge in [-0.15, -0.1) is 0 Å². The van der Waals surface area contributed by atoms with Crippen LogP contribution in [0.4, 0.5) is 5.69 Å². The van der Waals surface area contributed by atoms with Crippen LogP contribution in [0.2, 0.25) is 0 Å². The van der Waals surface area contributed by atoms with Crippen LogP contribution in [0, 0.1) is 0 Å². The fraction of sp³-hybridized carbons (Fsp3) is 0.615. The highest BCUT2D eigenvalue weighted by Crippen LogP contribution is 2.21. The van der Waals surface area contributed by atoms with E-state index in [4.69, 9.17) is 15.2 Å². The van der Waals surface area contributed by atoms with E-state index in [0.29, 0.717) is 19.8 Å². The third-order valence-corrected chi connectivity index (χ3v) is 2.88. The summed E-state index contributed by atoms with van der Waals surface area (Å²) in [7, 11) is 3.41. The Morgan fingerprint density at radius 1 is 1.39 bits per heavy atom. The quantitative estimate of drug-likeness (QED) is 0.749. The average molecular weight is 253 g/mol. The zero-order valence-corrected chi connectivity index (χ0v) is 11.4. The van der Waals surface area contributed by atoms with Crippen molar-refractivity contribution in [3.05, 3.63) is 24.0 Å². The molecule has 5 heteroatoms. The van der Waals surface area contributed by atoms with E-state index in [0.717, 1.165) is 17.8 Å². The van der Waals surface area contributed by atoms with Crippen molar-refractivity contribution in [1.29, 1.82) is 0 Å². The Kier molecular flexibility index (Phi) is 6.64. The van der Waals surface area contributed by atoms with E-state index in [2.05, 4.69) is 16.8 Å². The molecule has 0 fully saturated rings. The van der Waals surface area contributed by atoms with Gasteiger partial charge in [0.2, 0.25) is 0 Å². The molecule has 1 rings (SSSR count). The van der Waals surface area contributed by atoms with Gasteiger partial charge >= 0.3 is 0 Å². The van der Waals surface area contributed by atoms with E-state index in [1.807, 2.05) is 12.3 Å². The molecule has 1 atom stereocenters. The van der Waals surface area contributed by atoms with Crippen molar-refractivity contribution in [2.45, 2.75) is 19.5 Å². The van der Waals surface area contributed by atoms with Gasteiger partial charge in [0.1, 0.15) is 0 Å². The van der Waals surface area contributed by atoms with Gasteiger partial charge in [-0.1, -0.05) is 0 Å². The predicted octanol–water partition coefficient (Wildman–Crippen LogP) is 1.03. The molecular formula is C13H23N3O2. The van der Waals surface area contributed by atoms with E-state index in [1.54, 1.807) is 20.4 Å². The minimum Gasteiger partial charge on any atom is -0.383 e. The van der Waals surface area contributed by atoms with E-state index in [-0.39, 0.29) is 6.04 Å². The summed E-state index contributed by atoms with van der Waals surface area (Å²) in [5.74, 6) is 0. The molecule has 0 bridgehead atoms. The Balaban J connectivity index is 2.92. The molecule has 0 radical (unpaired) electrons. The SMILES string of the molecule is COCCN(c1ccncc1CN)C(C)COC. The second kappa shape index (κ2) is 8.02. The van der Waals surface area contributed by atoms with Crippen molar-refractivity contribution >= 4 is 5.69 Å². The fourth-order valence-corrected chi connectivity index (χ4v) is 1.96. The van der Waals surface area contributed by atoms with Gasteiger partial charge in [-0.05, 0) is 13.0 Å². The van der Waals surface area contributed by atoms with E-state index in [1.165, 1.54) is 0 Å². The molecule has 0 amide bonds. The Hall–Kier alpha value is -1.17. The Morgan fingerprint density at radius 3 is 2.78 bits per heavy atom. The molecule has 0 aliphatic carbocycles. The lowest BCUT2D eigenvalue weighted by Gasteiger charge is -2.32. The number of hydrogen-bond donors (Lipinski definition) is 1. The van der Waals surface area contributed by atoms with Crippen molar-refractivity contribution in [3.8, 4) is 0 Å². The number of methoxy groups -OCH3 is 2. The largest absolute Gasteiger partial charge is 0.383 e. The van der Waals surface area contributed by atoms with Crippen molar-refractivity contribution in [2.24, 2.45) is 5.73 Å². The van der Waals surface area contributed by atoms with E-state index < -0.39 is 0 Å². The minimum absolute atomic E-state index is 0.262. The first-order valence-corrected chi connectivity index (χ1v) is 6.12. The molecule has 102 valence electrons. The maximum Gasteiger partial charge on any atom is 0.0663 e. The second-order valence-corrected chi connectivity index (χ2v) is 4.20. The lowest BCUT2D eigenvalue weighted by molar-refractivity contribution is 0.171. The second-order valence-electron chi connectivity index (χ2n) is 4.20. The van der Waals surface area contributed by atoms with Crippen LogP contribution in [0.15, 0.2) is 18.5 Å². The predicted molar refractivity (Wildman–Crippen MR) is 72.7 cm³/mol. The van der Waals surface area contributed by atoms with Crippen molar-refractivity contribution < 1.29 is 9.47 Å². The molecule has 1 aromatic rings. The first kappa shape index (κ1) is 14.9. The van der Waals surface area contributed by atoms with Gasteiger partial charge in [0, 0.05) is 57.0 Å². The summed E-state index contributed by atoms with van der Waals surface area (Å²) in [6.07, 6.45) is 3.60. The maximum absolute atomic E-state index is 5.76. The van der Waals surface area contributed by atoms with Crippen LogP contribution in [0.1, 0.15) is 12.5 Å². The van der Waals surface area contributed by atoms with Crippen molar-refractivity contribution in [2.75, 3.05) is 38.9 Å². The van der Waals surface area contributed by atoms with E-state index in [9.17, 15) is 0 Å². The van der Waals surface area contributed by atoms with Gasteiger partial charge in [0.05, 0.1) is 13.2 Å². The van der Waals surface area contributed by atoms with Crippen molar-refractivity contribution in [3.63, 3.8) is 0 Å². The lowest BCUT2D eigenvalue weighted by Crippen LogP contribution is -2.39. The van der Waals surface area contributed by atoms with Crippen LogP contribution in [-0.4, -0.2) is 45.0 Å². The number of nitrogens with zero attached hydrogens (tertiary/aromatic N) is 2. The molecule has 1 aromatic heterocycles. The third kappa shape index (κ3) is 3.94. The molecular weight excluding hydrogens is 230 g/mol. The van der Waals surface area contributed by atoms with Gasteiger partial charge < -0.3 is 20.1 Å². The van der Waals surface area contributed by atoms with Crippen LogP contribution >= 0.6 is 0 Å². The first-order chi connectivity index (χ1) is 8.74. The van der Waals surface area contributed by atoms with Crippen LogP contribution in [0.3, 0.4) is 0 Å². The summed E-state index contributed by atoms with van der Waals surface area (Å²) in [6, 6.07) is 2.25. The minimum atomic E-state index is 0.262. The molecule has 1 unspecified atom stereocenters. The number of aromatic nitrogens is 1. The van der Waals surface area contributed by atoms with Crippen LogP contribution in [0.25, 0.3) is 0 Å². The first-order valence-electron chi connectivity index (χ1n) is 6.12. The number of rotatable bonds is 8. The van der Waals surface area contributed by atoms with Crippen LogP contribution in [-0.2, 0) is 16.0 Å². The third-order valence-electron chi connectivity index (χ3n) is 2.88. The average Bonchev–Trinajstić information content (AvgIpc) is 2.40. The number of anilines is 1. The van der Waals surface area contributed by atoms with Gasteiger partial charge in [0.25, 0.3) is 0 Å². The molecule has 1 heterocycles. The number of ether oxygens (including phenoxy) is 2. The number of pyridine rings is 1. The highest BCUT2D eigenvalue weighted by atomic mass is 16.5. The standard InChI is InChI=1S/C13H23N3O2/c1-11(10-18-3)16(6-7-17-2)13-4-5-15-9-12(13)8-14/h4-5,9,11H,6-8,10,14H2,1-3H3. The molecule has 2 N–H and O–H groups in total. The monoisotopic (exact) mass is 253 g/mol. The summed E-state index contributed by atoms with van der Waals surface area (Å²) in [5.41, 5.74) is 7.91. The Labute approximate surface area is 109 Å². The molecule has 18 heavy (non-hydrogen) atoms. The zero-order valence-electron chi connectivity index (χ0n) is 11.4. The Bertz CT molecular complexity index is 347. The summed E-state index contributed by atoms with van der Waals surface area (Å²) in [6.45, 7) is 4.74. The topological polar surface area (TPSA) is 60.6 Å². The van der Waals surface area contributed by atoms with Gasteiger partial charge in [-0.2, -0.15) is 0 Å². The number of hydrogen-bond acceptors (Lipinski definition) is 5. The van der Waals surface area contributed by atoms with Crippen molar-refractivity contribution in [1.82, 2.24) is 4.98 Å². The van der Waals surface area contributed by atoms with Gasteiger partial charge in [-0.25, -0.2) is 0 Å². The van der Waals surface area contributed by atoms with E-state index >= 15 is 0 Å². The van der Waals surface area contributed by atoms with Gasteiger partial charge in [0.15, 0.2) is 0 Å². The summed E-state index contributed by atoms with van der Waals surface area (Å²) in [5, 5.41) is 0. The summed E-state index contributed by atoms with van der Waals surface area (Å²) >= 11 is 0. The molecule has 0 aliphatic rings. The highest BCUT2D eigenvalue weighted by molar-refractivity contribution is 5.53.